The summed E-state index contributed by atoms with van der Waals surface area (Å²) in [7, 11) is 1.70. The van der Waals surface area contributed by atoms with Crippen molar-refractivity contribution in [3.8, 4) is 0 Å². The number of likely N-dealkylation sites (tertiary alicyclic amines) is 1. The summed E-state index contributed by atoms with van der Waals surface area (Å²) in [4.78, 5) is 13.5. The highest BCUT2D eigenvalue weighted by molar-refractivity contribution is 9.10. The zero-order valence-electron chi connectivity index (χ0n) is 10.4. The van der Waals surface area contributed by atoms with Crippen molar-refractivity contribution in [1.82, 2.24) is 9.47 Å². The van der Waals surface area contributed by atoms with E-state index in [-0.39, 0.29) is 18.9 Å². The molecule has 2 rings (SSSR count). The van der Waals surface area contributed by atoms with Crippen LogP contribution in [0.2, 0.25) is 0 Å². The summed E-state index contributed by atoms with van der Waals surface area (Å²) in [5.41, 5.74) is 0.398. The molecule has 106 valence electrons. The first kappa shape index (κ1) is 14.4. The Morgan fingerprint density at radius 2 is 2.16 bits per heavy atom. The van der Waals surface area contributed by atoms with Gasteiger partial charge >= 0.3 is 6.18 Å². The van der Waals surface area contributed by atoms with Crippen molar-refractivity contribution in [2.45, 2.75) is 19.0 Å². The van der Waals surface area contributed by atoms with Gasteiger partial charge in [0.1, 0.15) is 5.69 Å². The Hall–Kier alpha value is -0.980. The SMILES string of the molecule is Cn1cc(Br)cc1C(=O)N1CCCC(C(F)(F)F)C1. The number of hydrogen-bond acceptors (Lipinski definition) is 1. The van der Waals surface area contributed by atoms with E-state index in [2.05, 4.69) is 15.9 Å². The van der Waals surface area contributed by atoms with Gasteiger partial charge in [-0.3, -0.25) is 4.79 Å². The second-order valence-corrected chi connectivity index (χ2v) is 5.70. The van der Waals surface area contributed by atoms with Crippen LogP contribution in [0.15, 0.2) is 16.7 Å². The van der Waals surface area contributed by atoms with E-state index in [1.807, 2.05) is 0 Å². The van der Waals surface area contributed by atoms with Gasteiger partial charge in [0.25, 0.3) is 5.91 Å². The molecular weight excluding hydrogens is 325 g/mol. The molecular formula is C12H14BrF3N2O. The summed E-state index contributed by atoms with van der Waals surface area (Å²) in [6.45, 7) is 0.138. The molecule has 1 aliphatic rings. The van der Waals surface area contributed by atoms with Crippen LogP contribution in [0, 0.1) is 5.92 Å². The predicted octanol–water partition coefficient (Wildman–Crippen LogP) is 3.20. The molecule has 0 bridgehead atoms. The molecule has 1 unspecified atom stereocenters. The average molecular weight is 339 g/mol. The van der Waals surface area contributed by atoms with E-state index < -0.39 is 12.1 Å². The van der Waals surface area contributed by atoms with Crippen LogP contribution in [-0.2, 0) is 7.05 Å². The van der Waals surface area contributed by atoms with Gasteiger partial charge in [0.2, 0.25) is 0 Å². The fourth-order valence-corrected chi connectivity index (χ4v) is 2.85. The first-order valence-electron chi connectivity index (χ1n) is 5.97. The molecule has 0 saturated carbocycles. The molecule has 0 N–H and O–H groups in total. The number of alkyl halides is 3. The standard InChI is InChI=1S/C12H14BrF3N2O/c1-17-7-9(13)5-10(17)11(19)18-4-2-3-8(6-18)12(14,15)16/h5,7-8H,2-4,6H2,1H3. The molecule has 0 spiro atoms. The highest BCUT2D eigenvalue weighted by Crippen LogP contribution is 2.33. The van der Waals surface area contributed by atoms with Crippen molar-refractivity contribution < 1.29 is 18.0 Å². The van der Waals surface area contributed by atoms with Crippen LogP contribution in [0.3, 0.4) is 0 Å². The van der Waals surface area contributed by atoms with Crippen LogP contribution in [0.4, 0.5) is 13.2 Å². The smallest absolute Gasteiger partial charge is 0.345 e. The number of halogens is 4. The monoisotopic (exact) mass is 338 g/mol. The molecule has 3 nitrogen and oxygen atoms in total. The Kier molecular flexibility index (Phi) is 3.94. The first-order chi connectivity index (χ1) is 8.79. The summed E-state index contributed by atoms with van der Waals surface area (Å²) in [6.07, 6.45) is -2.03. The quantitative estimate of drug-likeness (QED) is 0.771. The molecule has 0 aliphatic carbocycles. The Bertz CT molecular complexity index is 484. The normalized spacial score (nSPS) is 20.7. The van der Waals surface area contributed by atoms with Gasteiger partial charge in [-0.25, -0.2) is 0 Å². The molecule has 1 amide bonds. The Balaban J connectivity index is 2.14. The number of aryl methyl sites for hydroxylation is 1. The molecule has 1 saturated heterocycles. The average Bonchev–Trinajstić information content (AvgIpc) is 2.66. The lowest BCUT2D eigenvalue weighted by Crippen LogP contribution is -2.45. The third kappa shape index (κ3) is 3.13. The molecule has 1 aliphatic heterocycles. The zero-order chi connectivity index (χ0) is 14.2. The number of piperidine rings is 1. The van der Waals surface area contributed by atoms with Gasteiger partial charge in [-0.15, -0.1) is 0 Å². The minimum Gasteiger partial charge on any atom is -0.345 e. The number of nitrogens with zero attached hydrogens (tertiary/aromatic N) is 2. The summed E-state index contributed by atoms with van der Waals surface area (Å²) < 4.78 is 40.5. The topological polar surface area (TPSA) is 25.2 Å². The lowest BCUT2D eigenvalue weighted by molar-refractivity contribution is -0.184. The molecule has 0 aromatic carbocycles. The Morgan fingerprint density at radius 1 is 1.47 bits per heavy atom. The maximum absolute atomic E-state index is 12.7. The molecule has 2 heterocycles. The van der Waals surface area contributed by atoms with E-state index in [0.29, 0.717) is 18.7 Å². The molecule has 1 fully saturated rings. The van der Waals surface area contributed by atoms with Crippen molar-refractivity contribution >= 4 is 21.8 Å². The number of aromatic nitrogens is 1. The second kappa shape index (κ2) is 5.19. The summed E-state index contributed by atoms with van der Waals surface area (Å²) >= 11 is 3.25. The van der Waals surface area contributed by atoms with Crippen LogP contribution < -0.4 is 0 Å². The fourth-order valence-electron chi connectivity index (χ4n) is 2.33. The van der Waals surface area contributed by atoms with E-state index in [0.717, 1.165) is 4.47 Å². The van der Waals surface area contributed by atoms with Crippen molar-refractivity contribution in [3.05, 3.63) is 22.4 Å². The number of hydrogen-bond donors (Lipinski definition) is 0. The maximum atomic E-state index is 12.7. The molecule has 19 heavy (non-hydrogen) atoms. The summed E-state index contributed by atoms with van der Waals surface area (Å²) in [5.74, 6) is -1.75. The zero-order valence-corrected chi connectivity index (χ0v) is 12.0. The summed E-state index contributed by atoms with van der Waals surface area (Å²) in [5, 5.41) is 0. The van der Waals surface area contributed by atoms with Gasteiger partial charge in [0.15, 0.2) is 0 Å². The summed E-state index contributed by atoms with van der Waals surface area (Å²) in [6, 6.07) is 1.62. The highest BCUT2D eigenvalue weighted by Gasteiger charge is 2.42. The van der Waals surface area contributed by atoms with E-state index in [1.54, 1.807) is 23.9 Å². The Labute approximate surface area is 117 Å². The van der Waals surface area contributed by atoms with E-state index in [4.69, 9.17) is 0 Å². The molecule has 1 aromatic rings. The largest absolute Gasteiger partial charge is 0.393 e. The fraction of sp³-hybridized carbons (Fsp3) is 0.583. The van der Waals surface area contributed by atoms with Crippen LogP contribution in [0.1, 0.15) is 23.3 Å². The van der Waals surface area contributed by atoms with Crippen molar-refractivity contribution in [2.75, 3.05) is 13.1 Å². The highest BCUT2D eigenvalue weighted by atomic mass is 79.9. The van der Waals surface area contributed by atoms with Gasteiger partial charge in [-0.05, 0) is 34.8 Å². The molecule has 1 aromatic heterocycles. The van der Waals surface area contributed by atoms with Gasteiger partial charge in [-0.2, -0.15) is 13.2 Å². The van der Waals surface area contributed by atoms with Gasteiger partial charge < -0.3 is 9.47 Å². The van der Waals surface area contributed by atoms with Gasteiger partial charge in [0, 0.05) is 30.8 Å². The van der Waals surface area contributed by atoms with Crippen molar-refractivity contribution in [3.63, 3.8) is 0 Å². The van der Waals surface area contributed by atoms with Crippen LogP contribution in [-0.4, -0.2) is 34.6 Å². The van der Waals surface area contributed by atoms with E-state index in [1.165, 1.54) is 4.90 Å². The Morgan fingerprint density at radius 3 is 2.68 bits per heavy atom. The minimum absolute atomic E-state index is 0.101. The maximum Gasteiger partial charge on any atom is 0.393 e. The van der Waals surface area contributed by atoms with E-state index in [9.17, 15) is 18.0 Å². The van der Waals surface area contributed by atoms with Crippen molar-refractivity contribution in [2.24, 2.45) is 13.0 Å². The van der Waals surface area contributed by atoms with Gasteiger partial charge in [-0.1, -0.05) is 0 Å². The minimum atomic E-state index is -4.23. The van der Waals surface area contributed by atoms with Crippen molar-refractivity contribution in [1.29, 1.82) is 0 Å². The van der Waals surface area contributed by atoms with Gasteiger partial charge in [0.05, 0.1) is 5.92 Å². The molecule has 0 radical (unpaired) electrons. The van der Waals surface area contributed by atoms with Crippen LogP contribution in [0.25, 0.3) is 0 Å². The molecule has 1 atom stereocenters. The lowest BCUT2D eigenvalue weighted by Gasteiger charge is -2.33. The second-order valence-electron chi connectivity index (χ2n) is 4.79. The predicted molar refractivity (Wildman–Crippen MR) is 67.8 cm³/mol. The van der Waals surface area contributed by atoms with Crippen LogP contribution >= 0.6 is 15.9 Å². The number of rotatable bonds is 1. The van der Waals surface area contributed by atoms with E-state index >= 15 is 0 Å². The molecule has 7 heteroatoms. The third-order valence-corrected chi connectivity index (χ3v) is 3.80. The van der Waals surface area contributed by atoms with Crippen LogP contribution in [0.5, 0.6) is 0 Å². The number of carbonyl (C=O) groups is 1. The number of carbonyl (C=O) groups excluding carboxylic acids is 1. The first-order valence-corrected chi connectivity index (χ1v) is 6.76. The lowest BCUT2D eigenvalue weighted by atomic mass is 9.97. The number of amides is 1. The third-order valence-electron chi connectivity index (χ3n) is 3.36.